The second-order valence-corrected chi connectivity index (χ2v) is 9.86. The molecule has 3 aromatic heterocycles. The Morgan fingerprint density at radius 2 is 1.74 bits per heavy atom. The Balaban J connectivity index is 1.15. The Hall–Kier alpha value is -4.05. The molecule has 10 heteroatoms. The number of hydrogen-bond acceptors (Lipinski definition) is 9. The van der Waals surface area contributed by atoms with Gasteiger partial charge in [0, 0.05) is 62.6 Å². The lowest BCUT2D eigenvalue weighted by Gasteiger charge is -2.36. The summed E-state index contributed by atoms with van der Waals surface area (Å²) in [5.41, 5.74) is 3.10. The normalized spacial score (nSPS) is 13.4. The van der Waals surface area contributed by atoms with Crippen LogP contribution in [0, 0.1) is 6.92 Å². The highest BCUT2D eigenvalue weighted by Crippen LogP contribution is 2.26. The Morgan fingerprint density at radius 1 is 1.00 bits per heavy atom. The molecule has 5 rings (SSSR count). The van der Waals surface area contributed by atoms with Crippen molar-refractivity contribution >= 4 is 29.2 Å². The lowest BCUT2D eigenvalue weighted by molar-refractivity contribution is 0.0921. The summed E-state index contributed by atoms with van der Waals surface area (Å²) >= 11 is 1.50. The van der Waals surface area contributed by atoms with Crippen molar-refractivity contribution in [1.29, 1.82) is 0 Å². The molecule has 1 fully saturated rings. The van der Waals surface area contributed by atoms with Gasteiger partial charge in [-0.15, -0.1) is 0 Å². The van der Waals surface area contributed by atoms with Gasteiger partial charge in [0.15, 0.2) is 10.9 Å². The molecule has 0 unspecified atom stereocenters. The van der Waals surface area contributed by atoms with Crippen molar-refractivity contribution in [3.8, 4) is 5.75 Å². The number of nitrogens with zero attached hydrogens (tertiary/aromatic N) is 5. The topological polar surface area (TPSA) is 96.6 Å². The first-order valence-corrected chi connectivity index (χ1v) is 13.4. The van der Waals surface area contributed by atoms with Crippen molar-refractivity contribution in [2.45, 2.75) is 24.4 Å². The minimum absolute atomic E-state index is 0.249. The monoisotopic (exact) mass is 530 g/mol. The molecule has 0 aliphatic carbocycles. The molecule has 1 aliphatic heterocycles. The van der Waals surface area contributed by atoms with Crippen LogP contribution in [0.4, 0.5) is 11.5 Å². The average molecular weight is 531 g/mol. The van der Waals surface area contributed by atoms with Gasteiger partial charge in [0.05, 0.1) is 12.9 Å². The highest BCUT2D eigenvalue weighted by Gasteiger charge is 2.20. The number of aryl methyl sites for hydroxylation is 1. The number of thioether (sulfide) groups is 1. The first-order chi connectivity index (χ1) is 18.6. The van der Waals surface area contributed by atoms with Crippen molar-refractivity contribution in [3.05, 3.63) is 89.8 Å². The van der Waals surface area contributed by atoms with Gasteiger partial charge >= 0.3 is 0 Å². The number of rotatable bonds is 9. The zero-order valence-electron chi connectivity index (χ0n) is 21.5. The number of carbonyl (C=O) groups excluding carboxylic acids is 1. The molecule has 0 spiro atoms. The van der Waals surface area contributed by atoms with Crippen molar-refractivity contribution in [1.82, 2.24) is 20.3 Å². The fraction of sp³-hybridized carbons (Fsp3) is 0.286. The quantitative estimate of drug-likeness (QED) is 0.250. The van der Waals surface area contributed by atoms with Crippen LogP contribution in [0.15, 0.2) is 76.6 Å². The lowest BCUT2D eigenvalue weighted by atomic mass is 10.2. The van der Waals surface area contributed by atoms with Gasteiger partial charge in [-0.25, -0.2) is 9.97 Å². The van der Waals surface area contributed by atoms with Crippen molar-refractivity contribution in [2.75, 3.05) is 43.1 Å². The molecule has 9 nitrogen and oxygen atoms in total. The molecule has 0 bridgehead atoms. The van der Waals surface area contributed by atoms with Crippen LogP contribution in [-0.4, -0.2) is 54.1 Å². The molecule has 1 aromatic carbocycles. The third-order valence-corrected chi connectivity index (χ3v) is 7.16. The van der Waals surface area contributed by atoms with E-state index in [0.29, 0.717) is 23.2 Å². The van der Waals surface area contributed by atoms with Crippen molar-refractivity contribution in [2.24, 2.45) is 0 Å². The van der Waals surface area contributed by atoms with Crippen LogP contribution in [0.3, 0.4) is 0 Å². The number of piperazine rings is 1. The maximum atomic E-state index is 12.4. The average Bonchev–Trinajstić information content (AvgIpc) is 3.45. The smallest absolute Gasteiger partial charge is 0.287 e. The fourth-order valence-electron chi connectivity index (χ4n) is 4.22. The summed E-state index contributed by atoms with van der Waals surface area (Å²) in [6.45, 7) is 5.99. The maximum Gasteiger partial charge on any atom is 0.287 e. The van der Waals surface area contributed by atoms with E-state index in [4.69, 9.17) is 14.1 Å². The first kappa shape index (κ1) is 25.6. The summed E-state index contributed by atoms with van der Waals surface area (Å²) < 4.78 is 11.0. The van der Waals surface area contributed by atoms with Gasteiger partial charge in [-0.1, -0.05) is 11.8 Å². The molecule has 196 valence electrons. The van der Waals surface area contributed by atoms with Gasteiger partial charge in [-0.2, -0.15) is 0 Å². The molecule has 1 N–H and O–H groups in total. The van der Waals surface area contributed by atoms with Crippen molar-refractivity contribution < 1.29 is 13.9 Å². The number of furan rings is 1. The molecule has 4 heterocycles. The van der Waals surface area contributed by atoms with Crippen LogP contribution in [0.25, 0.3) is 0 Å². The molecular weight excluding hydrogens is 500 g/mol. The number of hydrogen-bond donors (Lipinski definition) is 1. The number of amides is 1. The SMILES string of the molecule is COc1ccc(N2CCN(c3cc(C)nc(SCc4ccc(C(=O)NCc5ccncc5)o4)n3)CC2)cc1. The number of benzene rings is 1. The number of pyridine rings is 1. The van der Waals surface area contributed by atoms with Gasteiger partial charge in [0.2, 0.25) is 0 Å². The summed E-state index contributed by atoms with van der Waals surface area (Å²) in [6.07, 6.45) is 3.40. The molecule has 4 aromatic rings. The van der Waals surface area contributed by atoms with Crippen LogP contribution in [-0.2, 0) is 12.3 Å². The maximum absolute atomic E-state index is 12.4. The molecule has 0 radical (unpaired) electrons. The lowest BCUT2D eigenvalue weighted by Crippen LogP contribution is -2.46. The van der Waals surface area contributed by atoms with Gasteiger partial charge in [-0.05, 0) is 61.0 Å². The third-order valence-electron chi connectivity index (χ3n) is 6.29. The van der Waals surface area contributed by atoms with E-state index in [0.717, 1.165) is 49.0 Å². The summed E-state index contributed by atoms with van der Waals surface area (Å²) in [7, 11) is 1.68. The Kier molecular flexibility index (Phi) is 8.08. The Bertz CT molecular complexity index is 1350. The zero-order chi connectivity index (χ0) is 26.3. The number of methoxy groups -OCH3 is 1. The second kappa shape index (κ2) is 12.0. The molecule has 1 saturated heterocycles. The fourth-order valence-corrected chi connectivity index (χ4v) is 5.02. The molecule has 0 atom stereocenters. The van der Waals surface area contributed by atoms with Gasteiger partial charge < -0.3 is 24.3 Å². The minimum atomic E-state index is -0.249. The van der Waals surface area contributed by atoms with Crippen molar-refractivity contribution in [3.63, 3.8) is 0 Å². The van der Waals surface area contributed by atoms with Crippen LogP contribution in [0.2, 0.25) is 0 Å². The van der Waals surface area contributed by atoms with Gasteiger partial charge in [-0.3, -0.25) is 9.78 Å². The highest BCUT2D eigenvalue weighted by molar-refractivity contribution is 7.98. The van der Waals surface area contributed by atoms with E-state index in [9.17, 15) is 4.79 Å². The van der Waals surface area contributed by atoms with E-state index >= 15 is 0 Å². The van der Waals surface area contributed by atoms with Gasteiger partial charge in [0.1, 0.15) is 17.3 Å². The minimum Gasteiger partial charge on any atom is -0.497 e. The van der Waals surface area contributed by atoms with E-state index < -0.39 is 0 Å². The standard InChI is InChI=1S/C28H30N6O3S/c1-20-17-26(34-15-13-33(14-16-34)22-3-5-23(36-2)6-4-22)32-28(31-20)38-19-24-7-8-25(37-24)27(35)30-18-21-9-11-29-12-10-21/h3-12,17H,13-16,18-19H2,1-2H3,(H,30,35). The number of anilines is 2. The number of nitrogens with one attached hydrogen (secondary N) is 1. The Labute approximate surface area is 226 Å². The molecule has 1 aliphatic rings. The predicted molar refractivity (Wildman–Crippen MR) is 148 cm³/mol. The number of ether oxygens (including phenoxy) is 1. The van der Waals surface area contributed by atoms with E-state index in [2.05, 4.69) is 37.2 Å². The van der Waals surface area contributed by atoms with Crippen LogP contribution < -0.4 is 19.9 Å². The van der Waals surface area contributed by atoms with E-state index in [1.54, 1.807) is 25.6 Å². The predicted octanol–water partition coefficient (Wildman–Crippen LogP) is 4.33. The third kappa shape index (κ3) is 6.44. The highest BCUT2D eigenvalue weighted by atomic mass is 32.2. The molecule has 1 amide bonds. The van der Waals surface area contributed by atoms with Crippen LogP contribution in [0.1, 0.15) is 27.6 Å². The molecule has 38 heavy (non-hydrogen) atoms. The summed E-state index contributed by atoms with van der Waals surface area (Å²) in [5, 5.41) is 3.56. The van der Waals surface area contributed by atoms with Crippen LogP contribution >= 0.6 is 11.8 Å². The Morgan fingerprint density at radius 3 is 2.47 bits per heavy atom. The van der Waals surface area contributed by atoms with Gasteiger partial charge in [0.25, 0.3) is 5.91 Å². The summed E-state index contributed by atoms with van der Waals surface area (Å²) in [4.78, 5) is 30.5. The molecular formula is C28H30N6O3S. The largest absolute Gasteiger partial charge is 0.497 e. The first-order valence-electron chi connectivity index (χ1n) is 12.5. The number of carbonyl (C=O) groups is 1. The van der Waals surface area contributed by atoms with E-state index in [1.807, 2.05) is 43.3 Å². The summed E-state index contributed by atoms with van der Waals surface area (Å²) in [5.74, 6) is 3.07. The van der Waals surface area contributed by atoms with E-state index in [1.165, 1.54) is 17.4 Å². The molecule has 0 saturated carbocycles. The second-order valence-electron chi connectivity index (χ2n) is 8.91. The number of aromatic nitrogens is 3. The van der Waals surface area contributed by atoms with Crippen LogP contribution in [0.5, 0.6) is 5.75 Å². The van der Waals surface area contributed by atoms with E-state index in [-0.39, 0.29) is 11.7 Å². The summed E-state index contributed by atoms with van der Waals surface area (Å²) in [6, 6.07) is 17.5. The zero-order valence-corrected chi connectivity index (χ0v) is 22.3.